The van der Waals surface area contributed by atoms with Crippen LogP contribution in [0.2, 0.25) is 0 Å². The lowest BCUT2D eigenvalue weighted by atomic mass is 10.3. The van der Waals surface area contributed by atoms with E-state index >= 15 is 0 Å². The highest BCUT2D eigenvalue weighted by atomic mass is 79.9. The number of hydrogen-bond donors (Lipinski definition) is 1. The van der Waals surface area contributed by atoms with E-state index in [0.29, 0.717) is 5.69 Å². The molecule has 6 heteroatoms. The normalized spacial score (nSPS) is 10.8. The van der Waals surface area contributed by atoms with Crippen LogP contribution in [0.4, 0.5) is 10.1 Å². The fraction of sp³-hybridized carbons (Fsp3) is 0.214. The minimum Gasteiger partial charge on any atom is -0.488 e. The summed E-state index contributed by atoms with van der Waals surface area (Å²) in [6.45, 7) is 3.69. The zero-order valence-corrected chi connectivity index (χ0v) is 13.5. The van der Waals surface area contributed by atoms with Crippen molar-refractivity contribution in [2.75, 3.05) is 5.73 Å². The lowest BCUT2D eigenvalue weighted by molar-refractivity contribution is 0.230. The molecule has 0 atom stereocenters. The van der Waals surface area contributed by atoms with Crippen molar-refractivity contribution >= 4 is 33.4 Å². The molecule has 0 bridgehead atoms. The second-order valence-electron chi connectivity index (χ2n) is 4.40. The molecule has 0 unspecified atom stereocenters. The van der Waals surface area contributed by atoms with E-state index in [9.17, 15) is 4.39 Å². The second kappa shape index (κ2) is 6.45. The number of halogens is 2. The minimum absolute atomic E-state index is 0.100. The van der Waals surface area contributed by atoms with Crippen LogP contribution in [0, 0.1) is 5.82 Å². The van der Waals surface area contributed by atoms with Gasteiger partial charge in [-0.3, -0.25) is 0 Å². The maximum Gasteiger partial charge on any atom is 0.167 e. The van der Waals surface area contributed by atoms with Crippen LogP contribution in [-0.2, 0) is 0 Å². The summed E-state index contributed by atoms with van der Waals surface area (Å²) in [5.74, 6) is -0.252. The smallest absolute Gasteiger partial charge is 0.167 e. The van der Waals surface area contributed by atoms with Gasteiger partial charge in [0.1, 0.15) is 5.03 Å². The number of rotatable bonds is 4. The second-order valence-corrected chi connectivity index (χ2v) is 6.38. The van der Waals surface area contributed by atoms with Crippen molar-refractivity contribution in [3.05, 3.63) is 40.8 Å². The van der Waals surface area contributed by atoms with E-state index in [4.69, 9.17) is 10.5 Å². The molecule has 2 N–H and O–H groups in total. The number of nitrogen functional groups attached to an aromatic ring is 1. The molecule has 106 valence electrons. The summed E-state index contributed by atoms with van der Waals surface area (Å²) in [6.07, 6.45) is 1.60. The van der Waals surface area contributed by atoms with Crippen molar-refractivity contribution in [1.29, 1.82) is 0 Å². The van der Waals surface area contributed by atoms with E-state index in [-0.39, 0.29) is 11.9 Å². The summed E-state index contributed by atoms with van der Waals surface area (Å²) in [5.41, 5.74) is 6.21. The van der Waals surface area contributed by atoms with Gasteiger partial charge in [-0.25, -0.2) is 9.37 Å². The Hall–Kier alpha value is -1.27. The van der Waals surface area contributed by atoms with Gasteiger partial charge in [0.2, 0.25) is 0 Å². The zero-order chi connectivity index (χ0) is 14.7. The van der Waals surface area contributed by atoms with E-state index in [1.54, 1.807) is 12.3 Å². The summed E-state index contributed by atoms with van der Waals surface area (Å²) in [7, 11) is 0. The topological polar surface area (TPSA) is 48.1 Å². The van der Waals surface area contributed by atoms with Crippen molar-refractivity contribution in [2.24, 2.45) is 0 Å². The van der Waals surface area contributed by atoms with E-state index in [0.717, 1.165) is 14.4 Å². The van der Waals surface area contributed by atoms with E-state index < -0.39 is 5.82 Å². The molecule has 0 fully saturated rings. The SMILES string of the molecule is CC(C)Oc1cc(Sc2ccc(Br)cn2)c(N)cc1F. The highest BCUT2D eigenvalue weighted by Crippen LogP contribution is 2.35. The largest absolute Gasteiger partial charge is 0.488 e. The first-order valence-electron chi connectivity index (χ1n) is 6.01. The van der Waals surface area contributed by atoms with Crippen LogP contribution in [0.1, 0.15) is 13.8 Å². The van der Waals surface area contributed by atoms with Crippen LogP contribution >= 0.6 is 27.7 Å². The molecule has 0 radical (unpaired) electrons. The summed E-state index contributed by atoms with van der Waals surface area (Å²) in [6, 6.07) is 6.64. The molecule has 2 aromatic rings. The first kappa shape index (κ1) is 15.1. The molecular formula is C14H14BrFN2OS. The molecule has 0 aliphatic heterocycles. The Bertz CT molecular complexity index is 605. The Balaban J connectivity index is 2.28. The molecule has 0 amide bonds. The number of aromatic nitrogens is 1. The van der Waals surface area contributed by atoms with Gasteiger partial charge in [-0.2, -0.15) is 0 Å². The Morgan fingerprint density at radius 3 is 2.70 bits per heavy atom. The number of benzene rings is 1. The Kier molecular flexibility index (Phi) is 4.88. The molecule has 2 rings (SSSR count). The van der Waals surface area contributed by atoms with Gasteiger partial charge >= 0.3 is 0 Å². The average molecular weight is 357 g/mol. The molecule has 0 saturated carbocycles. The van der Waals surface area contributed by atoms with Gasteiger partial charge in [0.15, 0.2) is 11.6 Å². The van der Waals surface area contributed by atoms with Gasteiger partial charge in [0.05, 0.1) is 6.10 Å². The van der Waals surface area contributed by atoms with Gasteiger partial charge in [0, 0.05) is 27.3 Å². The number of pyridine rings is 1. The monoisotopic (exact) mass is 356 g/mol. The van der Waals surface area contributed by atoms with Gasteiger partial charge < -0.3 is 10.5 Å². The number of nitrogens with two attached hydrogens (primary N) is 1. The predicted molar refractivity (Wildman–Crippen MR) is 82.6 cm³/mol. The van der Waals surface area contributed by atoms with E-state index in [1.165, 1.54) is 17.8 Å². The molecular weight excluding hydrogens is 343 g/mol. The highest BCUT2D eigenvalue weighted by molar-refractivity contribution is 9.10. The lowest BCUT2D eigenvalue weighted by Crippen LogP contribution is -2.07. The summed E-state index contributed by atoms with van der Waals surface area (Å²) >= 11 is 4.70. The van der Waals surface area contributed by atoms with E-state index in [1.807, 2.05) is 26.0 Å². The van der Waals surface area contributed by atoms with Crippen LogP contribution in [0.15, 0.2) is 44.9 Å². The zero-order valence-electron chi connectivity index (χ0n) is 11.1. The van der Waals surface area contributed by atoms with Crippen molar-refractivity contribution < 1.29 is 9.13 Å². The van der Waals surface area contributed by atoms with Crippen LogP contribution in [0.25, 0.3) is 0 Å². The molecule has 0 saturated heterocycles. The average Bonchev–Trinajstić information content (AvgIpc) is 2.37. The summed E-state index contributed by atoms with van der Waals surface area (Å²) in [4.78, 5) is 4.97. The maximum atomic E-state index is 13.7. The third-order valence-electron chi connectivity index (χ3n) is 2.34. The van der Waals surface area contributed by atoms with Gasteiger partial charge in [-0.05, 0) is 48.0 Å². The van der Waals surface area contributed by atoms with Gasteiger partial charge in [-0.1, -0.05) is 11.8 Å². The molecule has 0 aliphatic carbocycles. The number of nitrogens with zero attached hydrogens (tertiary/aromatic N) is 1. The molecule has 0 spiro atoms. The highest BCUT2D eigenvalue weighted by Gasteiger charge is 2.12. The molecule has 20 heavy (non-hydrogen) atoms. The summed E-state index contributed by atoms with van der Waals surface area (Å²) in [5, 5.41) is 0.780. The van der Waals surface area contributed by atoms with E-state index in [2.05, 4.69) is 20.9 Å². The lowest BCUT2D eigenvalue weighted by Gasteiger charge is -2.13. The standard InChI is InChI=1S/C14H14BrFN2OS/c1-8(2)19-12-6-13(11(17)5-10(12)16)20-14-4-3-9(15)7-18-14/h3-8H,17H2,1-2H3. The van der Waals surface area contributed by atoms with Crippen LogP contribution in [0.3, 0.4) is 0 Å². The molecule has 0 aliphatic rings. The molecule has 1 aromatic heterocycles. The fourth-order valence-corrected chi connectivity index (χ4v) is 2.56. The van der Waals surface area contributed by atoms with Crippen molar-refractivity contribution in [2.45, 2.75) is 29.9 Å². The third-order valence-corrected chi connectivity index (χ3v) is 3.83. The summed E-state index contributed by atoms with van der Waals surface area (Å²) < 4.78 is 20.1. The number of anilines is 1. The van der Waals surface area contributed by atoms with Crippen molar-refractivity contribution in [3.63, 3.8) is 0 Å². The van der Waals surface area contributed by atoms with Crippen LogP contribution in [-0.4, -0.2) is 11.1 Å². The van der Waals surface area contributed by atoms with Gasteiger partial charge in [-0.15, -0.1) is 0 Å². The predicted octanol–water partition coefficient (Wildman–Crippen LogP) is 4.50. The van der Waals surface area contributed by atoms with Gasteiger partial charge in [0.25, 0.3) is 0 Å². The molecule has 3 nitrogen and oxygen atoms in total. The first-order valence-corrected chi connectivity index (χ1v) is 7.61. The molecule has 1 aromatic carbocycles. The third kappa shape index (κ3) is 3.86. The molecule has 1 heterocycles. The Morgan fingerprint density at radius 1 is 1.35 bits per heavy atom. The fourth-order valence-electron chi connectivity index (χ4n) is 1.52. The Labute approximate surface area is 129 Å². The van der Waals surface area contributed by atoms with Crippen molar-refractivity contribution in [3.8, 4) is 5.75 Å². The number of ether oxygens (including phenoxy) is 1. The Morgan fingerprint density at radius 2 is 2.10 bits per heavy atom. The van der Waals surface area contributed by atoms with Crippen molar-refractivity contribution in [1.82, 2.24) is 4.98 Å². The van der Waals surface area contributed by atoms with Crippen LogP contribution < -0.4 is 10.5 Å². The maximum absolute atomic E-state index is 13.7. The minimum atomic E-state index is -0.454. The van der Waals surface area contributed by atoms with Crippen LogP contribution in [0.5, 0.6) is 5.75 Å². The quantitative estimate of drug-likeness (QED) is 0.819. The number of hydrogen-bond acceptors (Lipinski definition) is 4. The first-order chi connectivity index (χ1) is 9.45.